The van der Waals surface area contributed by atoms with Gasteiger partial charge >= 0.3 is 26.2 Å². The summed E-state index contributed by atoms with van der Waals surface area (Å²) in [7, 11) is 1.42. The van der Waals surface area contributed by atoms with Crippen molar-refractivity contribution < 1.29 is 51.0 Å². The van der Waals surface area contributed by atoms with E-state index in [0.717, 1.165) is 0 Å². The average molecular weight is 442 g/mol. The molecule has 0 saturated carbocycles. The number of rotatable bonds is 3. The minimum Gasteiger partial charge on any atom is -1.00 e. The van der Waals surface area contributed by atoms with E-state index in [0.29, 0.717) is 11.8 Å². The van der Waals surface area contributed by atoms with Crippen molar-refractivity contribution in [2.24, 2.45) is 11.8 Å². The third-order valence-corrected chi connectivity index (χ3v) is 5.58. The maximum absolute atomic E-state index is 2.43. The van der Waals surface area contributed by atoms with Crippen molar-refractivity contribution in [3.05, 3.63) is 64.5 Å². The average Bonchev–Trinajstić information content (AvgIpc) is 2.97. The van der Waals surface area contributed by atoms with Gasteiger partial charge in [0, 0.05) is 5.31 Å². The summed E-state index contributed by atoms with van der Waals surface area (Å²) in [5.41, 5.74) is 5.73. The first-order valence-electron chi connectivity index (χ1n) is 7.40. The van der Waals surface area contributed by atoms with Crippen molar-refractivity contribution in [3.63, 3.8) is 0 Å². The van der Waals surface area contributed by atoms with Gasteiger partial charge in [0.15, 0.2) is 0 Å². The predicted molar refractivity (Wildman–Crippen MR) is 91.1 cm³/mol. The molecule has 0 spiro atoms. The van der Waals surface area contributed by atoms with E-state index in [2.05, 4.69) is 70.2 Å². The second-order valence-electron chi connectivity index (χ2n) is 6.13. The molecule has 3 rings (SSSR count). The number of halogens is 2. The number of hydrogen-bond acceptors (Lipinski definition) is 0. The fourth-order valence-corrected chi connectivity index (χ4v) is 4.22. The molecule has 0 atom stereocenters. The summed E-state index contributed by atoms with van der Waals surface area (Å²) in [6.07, 6.45) is 4.83. The molecule has 1 aliphatic heterocycles. The normalized spacial score (nSPS) is 16.0. The maximum atomic E-state index is 2.43. The first kappa shape index (κ1) is 23.1. The van der Waals surface area contributed by atoms with Gasteiger partial charge < -0.3 is 24.8 Å². The van der Waals surface area contributed by atoms with Crippen LogP contribution in [0, 0.1) is 11.8 Å². The van der Waals surface area contributed by atoms with E-state index in [-0.39, 0.29) is 51.0 Å². The second kappa shape index (κ2) is 9.53. The molecule has 0 fully saturated rings. The van der Waals surface area contributed by atoms with E-state index in [9.17, 15) is 0 Å². The molecule has 0 aromatic heterocycles. The van der Waals surface area contributed by atoms with Gasteiger partial charge in [-0.15, -0.1) is 0 Å². The van der Waals surface area contributed by atoms with Gasteiger partial charge in [-0.3, -0.25) is 0 Å². The van der Waals surface area contributed by atoms with Gasteiger partial charge in [0.2, 0.25) is 0 Å². The maximum Gasteiger partial charge on any atom is 2.00 e. The van der Waals surface area contributed by atoms with Crippen molar-refractivity contribution in [1.82, 2.24) is 0 Å². The molecule has 0 bridgehead atoms. The first-order chi connectivity index (χ1) is 9.58. The molecule has 0 nitrogen and oxygen atoms in total. The Morgan fingerprint density at radius 2 is 1.39 bits per heavy atom. The molecule has 0 unspecified atom stereocenters. The summed E-state index contributed by atoms with van der Waals surface area (Å²) in [6.45, 7) is 9.18. The summed E-state index contributed by atoms with van der Waals surface area (Å²) >= 11 is 0. The Morgan fingerprint density at radius 1 is 0.783 bits per heavy atom. The zero-order valence-electron chi connectivity index (χ0n) is 13.9. The number of fused-ring (bicyclic) bond motifs is 1. The smallest absolute Gasteiger partial charge is 1.00 e. The Balaban J connectivity index is 0.00000161. The summed E-state index contributed by atoms with van der Waals surface area (Å²) in [6, 6.07) is 10.8. The van der Waals surface area contributed by atoms with E-state index < -0.39 is 0 Å². The third kappa shape index (κ3) is 4.58. The van der Waals surface area contributed by atoms with Crippen LogP contribution < -0.4 is 24.8 Å². The van der Waals surface area contributed by atoms with E-state index >= 15 is 0 Å². The van der Waals surface area contributed by atoms with Crippen LogP contribution in [0.1, 0.15) is 33.3 Å². The Bertz CT molecular complexity index is 668. The number of hydrogen-bond donors (Lipinski definition) is 0. The van der Waals surface area contributed by atoms with Gasteiger partial charge in [-0.25, -0.2) is 0 Å². The second-order valence-corrected chi connectivity index (χ2v) is 7.32. The molecule has 0 amide bonds. The van der Waals surface area contributed by atoms with Crippen molar-refractivity contribution in [2.75, 3.05) is 0 Å². The molecule has 1 heterocycles. The Morgan fingerprint density at radius 3 is 1.91 bits per heavy atom. The molecule has 0 N–H and O–H groups in total. The molecule has 120 valence electrons. The van der Waals surface area contributed by atoms with E-state index in [1.54, 1.807) is 10.6 Å². The van der Waals surface area contributed by atoms with Gasteiger partial charge in [-0.1, -0.05) is 66.2 Å². The molecule has 1 aromatic rings. The van der Waals surface area contributed by atoms with Crippen LogP contribution in [0.4, 0.5) is 0 Å². The van der Waals surface area contributed by atoms with E-state index in [1.807, 2.05) is 0 Å². The van der Waals surface area contributed by atoms with Crippen LogP contribution in [0.3, 0.4) is 0 Å². The molecule has 23 heavy (non-hydrogen) atoms. The van der Waals surface area contributed by atoms with Crippen LogP contribution in [0.25, 0.3) is 5.57 Å². The van der Waals surface area contributed by atoms with Crippen LogP contribution in [0.15, 0.2) is 58.9 Å². The van der Waals surface area contributed by atoms with Gasteiger partial charge in [-0.05, 0) is 51.6 Å². The topological polar surface area (TPSA) is 0 Å². The molecular weight excluding hydrogens is 421 g/mol. The predicted octanol–water partition coefficient (Wildman–Crippen LogP) is -0.286. The van der Waals surface area contributed by atoms with E-state index in [4.69, 9.17) is 0 Å². The fraction of sp³-hybridized carbons (Fsp3) is 0.316. The standard InChI is InChI=1S/C19H21P.2ClH.Zr/c1-12(2)15-10-16(14-8-6-5-7-9-14)17-11-18(13(3)4)20-19(15)17;;;/h5-13H,1-4H3;2*1H;/q;;;+2/p-2. The molecule has 0 saturated heterocycles. The minimum atomic E-state index is 0. The Kier molecular flexibility index (Phi) is 9.56. The van der Waals surface area contributed by atoms with Gasteiger partial charge in [-0.2, -0.15) is 0 Å². The van der Waals surface area contributed by atoms with Crippen LogP contribution in [-0.4, -0.2) is 5.29 Å². The van der Waals surface area contributed by atoms with Crippen LogP contribution >= 0.6 is 8.20 Å². The Hall–Kier alpha value is 0.0731. The first-order valence-corrected chi connectivity index (χ1v) is 8.29. The zero-order chi connectivity index (χ0) is 14.3. The summed E-state index contributed by atoms with van der Waals surface area (Å²) in [4.78, 5) is 0. The van der Waals surface area contributed by atoms with Crippen LogP contribution in [0.5, 0.6) is 0 Å². The number of benzene rings is 1. The quantitative estimate of drug-likeness (QED) is 0.565. The fourth-order valence-electron chi connectivity index (χ4n) is 2.76. The molecule has 1 aliphatic carbocycles. The molecule has 2 aliphatic rings. The van der Waals surface area contributed by atoms with Gasteiger partial charge in [0.1, 0.15) is 0 Å². The molecule has 4 heteroatoms. The minimum absolute atomic E-state index is 0. The van der Waals surface area contributed by atoms with Gasteiger partial charge in [0.25, 0.3) is 0 Å². The summed E-state index contributed by atoms with van der Waals surface area (Å²) in [5.74, 6) is 1.22. The van der Waals surface area contributed by atoms with Crippen molar-refractivity contribution in [3.8, 4) is 0 Å². The van der Waals surface area contributed by atoms with Crippen LogP contribution in [-0.2, 0) is 26.2 Å². The molecule has 0 radical (unpaired) electrons. The number of allylic oxidation sites excluding steroid dienone is 6. The van der Waals surface area contributed by atoms with Crippen molar-refractivity contribution in [2.45, 2.75) is 27.7 Å². The summed E-state index contributed by atoms with van der Waals surface area (Å²) in [5, 5.41) is 3.09. The largest absolute Gasteiger partial charge is 2.00 e. The zero-order valence-corrected chi connectivity index (χ0v) is 18.8. The van der Waals surface area contributed by atoms with Crippen LogP contribution in [0.2, 0.25) is 0 Å². The SMILES string of the molecule is CC(C)C1=PC2=C(C(C)C)C=C(c3ccccc3)C2=C1.[Cl-].[Cl-].[Zr+2]. The monoisotopic (exact) mass is 440 g/mol. The Labute approximate surface area is 173 Å². The van der Waals surface area contributed by atoms with E-state index in [1.165, 1.54) is 30.5 Å². The van der Waals surface area contributed by atoms with Gasteiger partial charge in [0.05, 0.1) is 0 Å². The third-order valence-electron chi connectivity index (χ3n) is 3.95. The molecule has 1 aromatic carbocycles. The van der Waals surface area contributed by atoms with Crippen molar-refractivity contribution in [1.29, 1.82) is 0 Å². The summed E-state index contributed by atoms with van der Waals surface area (Å²) < 4.78 is 0. The molecular formula is C19H21Cl2PZr. The van der Waals surface area contributed by atoms with Crippen molar-refractivity contribution >= 4 is 19.1 Å².